The predicted molar refractivity (Wildman–Crippen MR) is 119 cm³/mol. The van der Waals surface area contributed by atoms with Crippen LogP contribution in [-0.2, 0) is 0 Å². The van der Waals surface area contributed by atoms with Crippen molar-refractivity contribution < 1.29 is 10.2 Å². The Kier molecular flexibility index (Phi) is 9.40. The number of phenols is 2. The molecule has 0 aliphatic heterocycles. The van der Waals surface area contributed by atoms with Crippen molar-refractivity contribution in [2.45, 2.75) is 90.9 Å². The van der Waals surface area contributed by atoms with Crippen LogP contribution in [0.15, 0.2) is 36.4 Å². The number of rotatable bonds is 12. The van der Waals surface area contributed by atoms with Crippen molar-refractivity contribution in [1.82, 2.24) is 0 Å². The highest BCUT2D eigenvalue weighted by Crippen LogP contribution is 2.39. The van der Waals surface area contributed by atoms with E-state index >= 15 is 0 Å². The third-order valence-corrected chi connectivity index (χ3v) is 5.71. The fraction of sp³-hybridized carbons (Fsp3) is 0.538. The quantitative estimate of drug-likeness (QED) is 0.368. The zero-order valence-corrected chi connectivity index (χ0v) is 18.0. The predicted octanol–water partition coefficient (Wildman–Crippen LogP) is 7.77. The molecule has 28 heavy (non-hydrogen) atoms. The summed E-state index contributed by atoms with van der Waals surface area (Å²) >= 11 is 0. The van der Waals surface area contributed by atoms with Gasteiger partial charge < -0.3 is 10.2 Å². The molecule has 2 rings (SSSR count). The van der Waals surface area contributed by atoms with Crippen LogP contribution >= 0.6 is 0 Å². The van der Waals surface area contributed by atoms with E-state index in [2.05, 4.69) is 32.9 Å². The number of aryl methyl sites for hydroxylation is 2. The summed E-state index contributed by atoms with van der Waals surface area (Å²) in [7, 11) is 0. The third kappa shape index (κ3) is 6.89. The van der Waals surface area contributed by atoms with Gasteiger partial charge in [0.1, 0.15) is 11.5 Å². The smallest absolute Gasteiger partial charge is 0.119 e. The molecule has 0 bridgehead atoms. The maximum Gasteiger partial charge on any atom is 0.119 e. The van der Waals surface area contributed by atoms with Gasteiger partial charge in [-0.1, -0.05) is 100 Å². The van der Waals surface area contributed by atoms with Crippen molar-refractivity contribution in [2.24, 2.45) is 0 Å². The van der Waals surface area contributed by atoms with Gasteiger partial charge in [0.25, 0.3) is 0 Å². The summed E-state index contributed by atoms with van der Waals surface area (Å²) in [4.78, 5) is 0. The molecule has 0 aliphatic carbocycles. The van der Waals surface area contributed by atoms with E-state index in [1.165, 1.54) is 51.4 Å². The number of hydrogen-bond acceptors (Lipinski definition) is 2. The molecule has 0 saturated heterocycles. The normalized spacial score (nSPS) is 11.3. The van der Waals surface area contributed by atoms with Crippen LogP contribution in [0.1, 0.15) is 99.3 Å². The molecular weight excluding hydrogens is 344 g/mol. The van der Waals surface area contributed by atoms with Crippen LogP contribution < -0.4 is 0 Å². The van der Waals surface area contributed by atoms with Crippen LogP contribution in [0.5, 0.6) is 11.5 Å². The highest BCUT2D eigenvalue weighted by Gasteiger charge is 2.21. The van der Waals surface area contributed by atoms with Crippen LogP contribution in [-0.4, -0.2) is 10.2 Å². The summed E-state index contributed by atoms with van der Waals surface area (Å²) in [5, 5.41) is 21.0. The second-order valence-corrected chi connectivity index (χ2v) is 8.29. The molecule has 0 heterocycles. The largest absolute Gasteiger partial charge is 0.508 e. The van der Waals surface area contributed by atoms with Gasteiger partial charge in [0.05, 0.1) is 0 Å². The molecule has 0 saturated carbocycles. The van der Waals surface area contributed by atoms with Crippen LogP contribution in [0.3, 0.4) is 0 Å². The zero-order chi connectivity index (χ0) is 20.4. The van der Waals surface area contributed by atoms with E-state index in [4.69, 9.17) is 0 Å². The monoisotopic (exact) mass is 382 g/mol. The second kappa shape index (κ2) is 11.8. The first kappa shape index (κ1) is 22.3. The fourth-order valence-corrected chi connectivity index (χ4v) is 4.04. The van der Waals surface area contributed by atoms with E-state index in [1.54, 1.807) is 12.1 Å². The summed E-state index contributed by atoms with van der Waals surface area (Å²) in [6.07, 6.45) is 12.6. The van der Waals surface area contributed by atoms with Gasteiger partial charge in [-0.3, -0.25) is 0 Å². The van der Waals surface area contributed by atoms with Crippen LogP contribution in [0.4, 0.5) is 0 Å². The molecule has 154 valence electrons. The van der Waals surface area contributed by atoms with E-state index < -0.39 is 0 Å². The van der Waals surface area contributed by atoms with Gasteiger partial charge in [0.15, 0.2) is 0 Å². The Bertz CT molecular complexity index is 669. The van der Waals surface area contributed by atoms with E-state index in [-0.39, 0.29) is 5.92 Å². The Morgan fingerprint density at radius 3 is 1.54 bits per heavy atom. The average Bonchev–Trinajstić information content (AvgIpc) is 2.68. The highest BCUT2D eigenvalue weighted by molar-refractivity contribution is 5.48. The Morgan fingerprint density at radius 2 is 1.07 bits per heavy atom. The molecule has 0 radical (unpaired) electrons. The van der Waals surface area contributed by atoms with Crippen molar-refractivity contribution in [3.05, 3.63) is 58.7 Å². The minimum Gasteiger partial charge on any atom is -0.508 e. The molecule has 2 aromatic carbocycles. The lowest BCUT2D eigenvalue weighted by Crippen LogP contribution is -2.03. The molecule has 2 heteroatoms. The van der Waals surface area contributed by atoms with Crippen molar-refractivity contribution in [3.8, 4) is 11.5 Å². The molecule has 0 fully saturated rings. The highest BCUT2D eigenvalue weighted by atomic mass is 16.3. The molecule has 0 amide bonds. The minimum absolute atomic E-state index is 0.0318. The molecule has 0 atom stereocenters. The number of hydrogen-bond donors (Lipinski definition) is 2. The Balaban J connectivity index is 2.00. The average molecular weight is 383 g/mol. The fourth-order valence-electron chi connectivity index (χ4n) is 4.04. The van der Waals surface area contributed by atoms with E-state index in [1.807, 2.05) is 12.1 Å². The number of aromatic hydroxyl groups is 2. The Labute approximate surface area is 171 Å². The third-order valence-electron chi connectivity index (χ3n) is 5.71. The van der Waals surface area contributed by atoms with E-state index in [0.717, 1.165) is 35.1 Å². The molecule has 2 aromatic rings. The lowest BCUT2D eigenvalue weighted by Gasteiger charge is -2.21. The molecular formula is C26H38O2. The van der Waals surface area contributed by atoms with Gasteiger partial charge in [0, 0.05) is 17.0 Å². The van der Waals surface area contributed by atoms with Crippen LogP contribution in [0.25, 0.3) is 0 Å². The first-order valence-electron chi connectivity index (χ1n) is 11.1. The first-order chi connectivity index (χ1) is 13.5. The van der Waals surface area contributed by atoms with Crippen molar-refractivity contribution in [1.29, 1.82) is 0 Å². The van der Waals surface area contributed by atoms with Crippen molar-refractivity contribution in [2.75, 3.05) is 0 Å². The molecule has 2 nitrogen and oxygen atoms in total. The number of unbranched alkanes of at least 4 members (excludes halogenated alkanes) is 8. The zero-order valence-electron chi connectivity index (χ0n) is 18.0. The van der Waals surface area contributed by atoms with Crippen molar-refractivity contribution in [3.63, 3.8) is 0 Å². The van der Waals surface area contributed by atoms with Gasteiger partial charge in [0.2, 0.25) is 0 Å². The number of phenolic OH excluding ortho intramolecular Hbond substituents is 2. The van der Waals surface area contributed by atoms with Gasteiger partial charge in [-0.05, 0) is 32.4 Å². The van der Waals surface area contributed by atoms with E-state index in [0.29, 0.717) is 11.5 Å². The lowest BCUT2D eigenvalue weighted by molar-refractivity contribution is 0.447. The molecule has 0 unspecified atom stereocenters. The summed E-state index contributed by atoms with van der Waals surface area (Å²) in [5.41, 5.74) is 4.13. The molecule has 0 aromatic heterocycles. The summed E-state index contributed by atoms with van der Waals surface area (Å²) in [6.45, 7) is 6.36. The lowest BCUT2D eigenvalue weighted by atomic mass is 9.84. The molecule has 0 aliphatic rings. The van der Waals surface area contributed by atoms with Crippen molar-refractivity contribution >= 4 is 0 Å². The standard InChI is InChI=1S/C26H38O2/c1-4-5-6-7-8-9-10-11-12-13-22(23-18-20(2)14-16-25(23)27)24-19-21(3)15-17-26(24)28/h14-19,22,27-28H,4-13H2,1-3H3. The summed E-state index contributed by atoms with van der Waals surface area (Å²) in [5.74, 6) is 0.684. The van der Waals surface area contributed by atoms with Gasteiger partial charge in [-0.2, -0.15) is 0 Å². The second-order valence-electron chi connectivity index (χ2n) is 8.29. The van der Waals surface area contributed by atoms with Gasteiger partial charge in [-0.25, -0.2) is 0 Å². The van der Waals surface area contributed by atoms with Gasteiger partial charge in [-0.15, -0.1) is 0 Å². The molecule has 0 spiro atoms. The van der Waals surface area contributed by atoms with Crippen LogP contribution in [0, 0.1) is 13.8 Å². The topological polar surface area (TPSA) is 40.5 Å². The maximum atomic E-state index is 10.5. The summed E-state index contributed by atoms with van der Waals surface area (Å²) < 4.78 is 0. The first-order valence-corrected chi connectivity index (χ1v) is 11.1. The maximum absolute atomic E-state index is 10.5. The van der Waals surface area contributed by atoms with Crippen LogP contribution in [0.2, 0.25) is 0 Å². The Morgan fingerprint density at radius 1 is 0.643 bits per heavy atom. The molecule has 2 N–H and O–H groups in total. The number of benzene rings is 2. The SMILES string of the molecule is CCCCCCCCCCCC(c1cc(C)ccc1O)c1cc(C)ccc1O. The van der Waals surface area contributed by atoms with E-state index in [9.17, 15) is 10.2 Å². The minimum atomic E-state index is 0.0318. The summed E-state index contributed by atoms with van der Waals surface area (Å²) in [6, 6.07) is 11.6. The van der Waals surface area contributed by atoms with Gasteiger partial charge >= 0.3 is 0 Å². The Hall–Kier alpha value is -1.96.